The molecule has 2 aromatic heterocycles. The third kappa shape index (κ3) is 3.21. The van der Waals surface area contributed by atoms with Crippen molar-refractivity contribution in [1.29, 1.82) is 0 Å². The van der Waals surface area contributed by atoms with Crippen molar-refractivity contribution in [2.24, 2.45) is 19.8 Å². The van der Waals surface area contributed by atoms with Gasteiger partial charge in [-0.15, -0.1) is 0 Å². The molecule has 0 aliphatic carbocycles. The Kier molecular flexibility index (Phi) is 4.01. The molecule has 2 atom stereocenters. The molecule has 104 valence electrons. The van der Waals surface area contributed by atoms with Crippen LogP contribution in [0.4, 0.5) is 0 Å². The molecule has 2 aromatic rings. The van der Waals surface area contributed by atoms with Crippen LogP contribution in [0.3, 0.4) is 0 Å². The van der Waals surface area contributed by atoms with Gasteiger partial charge in [-0.25, -0.2) is 0 Å². The van der Waals surface area contributed by atoms with Crippen molar-refractivity contribution >= 4 is 0 Å². The first-order chi connectivity index (χ1) is 8.97. The van der Waals surface area contributed by atoms with Crippen molar-refractivity contribution in [2.75, 3.05) is 7.05 Å². The minimum Gasteiger partial charge on any atom is -0.326 e. The van der Waals surface area contributed by atoms with Crippen LogP contribution in [0.1, 0.15) is 24.1 Å². The van der Waals surface area contributed by atoms with Gasteiger partial charge in [0.05, 0.1) is 18.4 Å². The number of hydrogen-bond donors (Lipinski definition) is 1. The lowest BCUT2D eigenvalue weighted by atomic mass is 10.0. The molecule has 2 rings (SSSR count). The van der Waals surface area contributed by atoms with Gasteiger partial charge in [-0.3, -0.25) is 14.3 Å². The van der Waals surface area contributed by atoms with Crippen LogP contribution in [-0.2, 0) is 20.6 Å². The fraction of sp³-hybridized carbons (Fsp3) is 0.538. The van der Waals surface area contributed by atoms with Gasteiger partial charge in [-0.05, 0) is 14.0 Å². The predicted octanol–water partition coefficient (Wildman–Crippen LogP) is 0.674. The van der Waals surface area contributed by atoms with Crippen LogP contribution >= 0.6 is 0 Å². The first-order valence-corrected chi connectivity index (χ1v) is 6.39. The van der Waals surface area contributed by atoms with Gasteiger partial charge in [0.1, 0.15) is 0 Å². The highest BCUT2D eigenvalue weighted by atomic mass is 15.3. The van der Waals surface area contributed by atoms with Crippen molar-refractivity contribution in [3.8, 4) is 0 Å². The topological polar surface area (TPSA) is 64.9 Å². The average Bonchev–Trinajstić information content (AvgIpc) is 2.88. The number of nitrogens with two attached hydrogens (primary N) is 1. The van der Waals surface area contributed by atoms with Crippen LogP contribution < -0.4 is 5.73 Å². The molecule has 0 bridgehead atoms. The molecular weight excluding hydrogens is 240 g/mol. The molecule has 19 heavy (non-hydrogen) atoms. The van der Waals surface area contributed by atoms with Crippen molar-refractivity contribution in [3.63, 3.8) is 0 Å². The van der Waals surface area contributed by atoms with Crippen LogP contribution in [0.5, 0.6) is 0 Å². The second-order valence-electron chi connectivity index (χ2n) is 5.19. The summed E-state index contributed by atoms with van der Waals surface area (Å²) in [5.74, 6) is 0. The van der Waals surface area contributed by atoms with E-state index in [2.05, 4.69) is 22.1 Å². The van der Waals surface area contributed by atoms with Gasteiger partial charge in [-0.1, -0.05) is 0 Å². The first-order valence-electron chi connectivity index (χ1n) is 6.39. The minimum atomic E-state index is 0.0332. The highest BCUT2D eigenvalue weighted by molar-refractivity contribution is 5.14. The summed E-state index contributed by atoms with van der Waals surface area (Å²) in [7, 11) is 5.92. The third-order valence-electron chi connectivity index (χ3n) is 3.23. The smallest absolute Gasteiger partial charge is 0.0538 e. The van der Waals surface area contributed by atoms with E-state index in [-0.39, 0.29) is 12.1 Å². The summed E-state index contributed by atoms with van der Waals surface area (Å²) in [6.45, 7) is 2.84. The third-order valence-corrected chi connectivity index (χ3v) is 3.23. The zero-order valence-corrected chi connectivity index (χ0v) is 12.0. The number of aromatic nitrogens is 4. The monoisotopic (exact) mass is 262 g/mol. The molecule has 0 saturated heterocycles. The maximum atomic E-state index is 6.14. The largest absolute Gasteiger partial charge is 0.326 e. The SMILES string of the molecule is CC(N)C(c1cnn(C)c1)N(C)Cc1cnn(C)c1. The normalized spacial score (nSPS) is 14.8. The fourth-order valence-corrected chi connectivity index (χ4v) is 2.49. The van der Waals surface area contributed by atoms with Crippen molar-refractivity contribution < 1.29 is 0 Å². The Bertz CT molecular complexity index is 527. The van der Waals surface area contributed by atoms with Crippen molar-refractivity contribution in [1.82, 2.24) is 24.5 Å². The van der Waals surface area contributed by atoms with Crippen LogP contribution in [0.2, 0.25) is 0 Å². The highest BCUT2D eigenvalue weighted by Gasteiger charge is 2.22. The van der Waals surface area contributed by atoms with Gasteiger partial charge >= 0.3 is 0 Å². The lowest BCUT2D eigenvalue weighted by Gasteiger charge is -2.30. The van der Waals surface area contributed by atoms with Crippen LogP contribution in [0.15, 0.2) is 24.8 Å². The molecule has 0 amide bonds. The maximum absolute atomic E-state index is 6.14. The summed E-state index contributed by atoms with van der Waals surface area (Å²) in [5.41, 5.74) is 8.46. The molecule has 0 saturated carbocycles. The molecule has 0 aliphatic rings. The average molecular weight is 262 g/mol. The molecule has 2 unspecified atom stereocenters. The van der Waals surface area contributed by atoms with Gasteiger partial charge in [0.2, 0.25) is 0 Å². The number of nitrogens with zero attached hydrogens (tertiary/aromatic N) is 5. The number of likely N-dealkylation sites (N-methyl/N-ethyl adjacent to an activating group) is 1. The zero-order valence-electron chi connectivity index (χ0n) is 12.0. The lowest BCUT2D eigenvalue weighted by molar-refractivity contribution is 0.211. The van der Waals surface area contributed by atoms with Crippen LogP contribution in [-0.4, -0.2) is 37.6 Å². The Labute approximate surface area is 113 Å². The standard InChI is InChI=1S/C13H22N6/c1-10(14)13(12-6-16-19(4)9-12)17(2)7-11-5-15-18(3)8-11/h5-6,8-10,13H,7,14H2,1-4H3. The summed E-state index contributed by atoms with van der Waals surface area (Å²) in [5, 5.41) is 8.42. The van der Waals surface area contributed by atoms with Gasteiger partial charge in [0, 0.05) is 50.2 Å². The quantitative estimate of drug-likeness (QED) is 0.860. The Balaban J connectivity index is 2.15. The summed E-state index contributed by atoms with van der Waals surface area (Å²) >= 11 is 0. The van der Waals surface area contributed by atoms with Gasteiger partial charge in [-0.2, -0.15) is 10.2 Å². The van der Waals surface area contributed by atoms with E-state index < -0.39 is 0 Å². The lowest BCUT2D eigenvalue weighted by Crippen LogP contribution is -2.36. The summed E-state index contributed by atoms with van der Waals surface area (Å²) in [4.78, 5) is 2.23. The second-order valence-corrected chi connectivity index (χ2v) is 5.19. The highest BCUT2D eigenvalue weighted by Crippen LogP contribution is 2.23. The summed E-state index contributed by atoms with van der Waals surface area (Å²) < 4.78 is 3.62. The molecule has 6 heteroatoms. The minimum absolute atomic E-state index is 0.0332. The Morgan fingerprint density at radius 1 is 1.21 bits per heavy atom. The van der Waals surface area contributed by atoms with E-state index in [1.165, 1.54) is 5.56 Å². The van der Waals surface area contributed by atoms with Crippen molar-refractivity contribution in [3.05, 3.63) is 35.9 Å². The Hall–Kier alpha value is -1.66. The van der Waals surface area contributed by atoms with E-state index >= 15 is 0 Å². The summed E-state index contributed by atoms with van der Waals surface area (Å²) in [6, 6.07) is 0.180. The maximum Gasteiger partial charge on any atom is 0.0538 e. The molecule has 2 N–H and O–H groups in total. The number of hydrogen-bond acceptors (Lipinski definition) is 4. The first kappa shape index (κ1) is 13.8. The number of rotatable bonds is 5. The summed E-state index contributed by atoms with van der Waals surface area (Å²) in [6.07, 6.45) is 7.82. The Morgan fingerprint density at radius 3 is 2.32 bits per heavy atom. The molecule has 0 spiro atoms. The fourth-order valence-electron chi connectivity index (χ4n) is 2.49. The van der Waals surface area contributed by atoms with Gasteiger partial charge < -0.3 is 5.73 Å². The van der Waals surface area contributed by atoms with E-state index in [1.54, 1.807) is 0 Å². The molecule has 0 aliphatic heterocycles. The predicted molar refractivity (Wildman–Crippen MR) is 74.3 cm³/mol. The van der Waals surface area contributed by atoms with E-state index in [4.69, 9.17) is 5.73 Å². The number of aryl methyl sites for hydroxylation is 2. The molecule has 0 radical (unpaired) electrons. The van der Waals surface area contributed by atoms with E-state index in [0.717, 1.165) is 12.1 Å². The second kappa shape index (κ2) is 5.54. The Morgan fingerprint density at radius 2 is 1.84 bits per heavy atom. The molecule has 0 fully saturated rings. The van der Waals surface area contributed by atoms with E-state index in [0.29, 0.717) is 0 Å². The van der Waals surface area contributed by atoms with Gasteiger partial charge in [0.15, 0.2) is 0 Å². The van der Waals surface area contributed by atoms with E-state index in [1.807, 2.05) is 55.2 Å². The van der Waals surface area contributed by atoms with E-state index in [9.17, 15) is 0 Å². The van der Waals surface area contributed by atoms with Gasteiger partial charge in [0.25, 0.3) is 0 Å². The molecular formula is C13H22N6. The zero-order chi connectivity index (χ0) is 14.0. The van der Waals surface area contributed by atoms with Crippen molar-refractivity contribution in [2.45, 2.75) is 25.6 Å². The molecule has 2 heterocycles. The molecule has 6 nitrogen and oxygen atoms in total. The molecule has 0 aromatic carbocycles. The van der Waals surface area contributed by atoms with Crippen LogP contribution in [0, 0.1) is 0 Å². The van der Waals surface area contributed by atoms with Crippen LogP contribution in [0.25, 0.3) is 0 Å².